The Balaban J connectivity index is 1.31. The average Bonchev–Trinajstić information content (AvgIpc) is 3.39. The van der Waals surface area contributed by atoms with E-state index in [4.69, 9.17) is 5.11 Å². The number of phenols is 1. The lowest BCUT2D eigenvalue weighted by Crippen LogP contribution is -2.56. The van der Waals surface area contributed by atoms with Crippen molar-refractivity contribution in [1.82, 2.24) is 25.1 Å². The number of hydrogen-bond donors (Lipinski definition) is 2. The summed E-state index contributed by atoms with van der Waals surface area (Å²) in [5.74, 6) is -0.0866. The van der Waals surface area contributed by atoms with Crippen LogP contribution in [0.2, 0.25) is 0 Å². The first-order valence-electron chi connectivity index (χ1n) is 13.8. The number of benzene rings is 3. The highest BCUT2D eigenvalue weighted by Gasteiger charge is 2.29. The maximum atomic E-state index is 10.8. The first kappa shape index (κ1) is 27.3. The SMILES string of the molecule is C[C@@H]1CN(c2cc(O)cc(Cc3ccccc3-c3nnn(CCCC(=O)O)n3)c2)[C@@H](C)CN1Cc1ccccc1. The molecule has 1 aromatic heterocycles. The van der Waals surface area contributed by atoms with Crippen molar-refractivity contribution < 1.29 is 15.0 Å². The molecule has 0 radical (unpaired) electrons. The van der Waals surface area contributed by atoms with E-state index in [0.29, 0.717) is 37.3 Å². The van der Waals surface area contributed by atoms with Crippen LogP contribution in [0.1, 0.15) is 43.4 Å². The van der Waals surface area contributed by atoms with E-state index in [-0.39, 0.29) is 12.2 Å². The number of nitrogens with zero attached hydrogens (tertiary/aromatic N) is 6. The lowest BCUT2D eigenvalue weighted by Gasteiger charge is -2.45. The van der Waals surface area contributed by atoms with Gasteiger partial charge in [0.15, 0.2) is 0 Å². The van der Waals surface area contributed by atoms with Crippen LogP contribution in [0.5, 0.6) is 5.75 Å². The number of carboxylic acids is 1. The Morgan fingerprint density at radius 1 is 0.950 bits per heavy atom. The topological polar surface area (TPSA) is 108 Å². The minimum atomic E-state index is -0.839. The van der Waals surface area contributed by atoms with Crippen LogP contribution in [-0.4, -0.2) is 66.5 Å². The maximum Gasteiger partial charge on any atom is 0.303 e. The van der Waals surface area contributed by atoms with Crippen molar-refractivity contribution in [3.63, 3.8) is 0 Å². The molecule has 1 fully saturated rings. The quantitative estimate of drug-likeness (QED) is 0.301. The van der Waals surface area contributed by atoms with Crippen LogP contribution < -0.4 is 4.90 Å². The lowest BCUT2D eigenvalue weighted by molar-refractivity contribution is -0.137. The number of tetrazole rings is 1. The number of aromatic hydroxyl groups is 1. The van der Waals surface area contributed by atoms with Gasteiger partial charge in [-0.05, 0) is 60.7 Å². The first-order valence-corrected chi connectivity index (χ1v) is 13.8. The molecule has 0 bridgehead atoms. The molecule has 0 amide bonds. The summed E-state index contributed by atoms with van der Waals surface area (Å²) in [6.07, 6.45) is 1.10. The van der Waals surface area contributed by atoms with Gasteiger partial charge < -0.3 is 15.1 Å². The van der Waals surface area contributed by atoms with Gasteiger partial charge in [0.1, 0.15) is 5.75 Å². The van der Waals surface area contributed by atoms with Gasteiger partial charge in [-0.2, -0.15) is 4.80 Å². The molecule has 0 spiro atoms. The molecule has 2 N–H and O–H groups in total. The first-order chi connectivity index (χ1) is 19.4. The van der Waals surface area contributed by atoms with Crippen molar-refractivity contribution >= 4 is 11.7 Å². The minimum absolute atomic E-state index is 0.0623. The van der Waals surface area contributed by atoms with E-state index in [0.717, 1.165) is 42.0 Å². The number of carbonyl (C=O) groups is 1. The predicted molar refractivity (Wildman–Crippen MR) is 154 cm³/mol. The van der Waals surface area contributed by atoms with Gasteiger partial charge in [0.2, 0.25) is 5.82 Å². The zero-order valence-electron chi connectivity index (χ0n) is 23.0. The maximum absolute atomic E-state index is 10.8. The zero-order chi connectivity index (χ0) is 28.1. The van der Waals surface area contributed by atoms with E-state index in [2.05, 4.69) is 75.5 Å². The number of rotatable bonds is 10. The minimum Gasteiger partial charge on any atom is -0.508 e. The molecule has 0 aliphatic carbocycles. The molecular weight excluding hydrogens is 504 g/mol. The van der Waals surface area contributed by atoms with E-state index in [1.54, 1.807) is 0 Å². The Morgan fingerprint density at radius 2 is 1.73 bits per heavy atom. The zero-order valence-corrected chi connectivity index (χ0v) is 23.0. The second kappa shape index (κ2) is 12.3. The number of aryl methyl sites for hydroxylation is 1. The van der Waals surface area contributed by atoms with Crippen LogP contribution >= 0.6 is 0 Å². The van der Waals surface area contributed by atoms with Crippen molar-refractivity contribution in [1.29, 1.82) is 0 Å². The number of aliphatic carboxylic acids is 1. The third kappa shape index (κ3) is 6.66. The molecular formula is C31H36N6O3. The third-order valence-corrected chi connectivity index (χ3v) is 7.49. The van der Waals surface area contributed by atoms with Crippen molar-refractivity contribution in [3.05, 3.63) is 89.5 Å². The molecule has 9 nitrogen and oxygen atoms in total. The van der Waals surface area contributed by atoms with Crippen molar-refractivity contribution in [2.45, 2.75) is 58.3 Å². The van der Waals surface area contributed by atoms with E-state index in [1.165, 1.54) is 10.4 Å². The highest BCUT2D eigenvalue weighted by molar-refractivity contribution is 5.66. The molecule has 9 heteroatoms. The van der Waals surface area contributed by atoms with E-state index in [9.17, 15) is 9.90 Å². The fourth-order valence-corrected chi connectivity index (χ4v) is 5.45. The number of carboxylic acid groups (broad SMARTS) is 1. The largest absolute Gasteiger partial charge is 0.508 e. The lowest BCUT2D eigenvalue weighted by atomic mass is 9.98. The second-order valence-corrected chi connectivity index (χ2v) is 10.7. The van der Waals surface area contributed by atoms with Gasteiger partial charge in [-0.1, -0.05) is 54.6 Å². The van der Waals surface area contributed by atoms with Crippen molar-refractivity contribution in [3.8, 4) is 17.1 Å². The number of anilines is 1. The van der Waals surface area contributed by atoms with Crippen molar-refractivity contribution in [2.24, 2.45) is 0 Å². The highest BCUT2D eigenvalue weighted by Crippen LogP contribution is 2.31. The van der Waals surface area contributed by atoms with Gasteiger partial charge in [0.05, 0.1) is 6.54 Å². The van der Waals surface area contributed by atoms with Gasteiger partial charge in [-0.15, -0.1) is 10.2 Å². The summed E-state index contributed by atoms with van der Waals surface area (Å²) in [5, 5.41) is 32.4. The molecule has 40 heavy (non-hydrogen) atoms. The number of piperazine rings is 1. The van der Waals surface area contributed by atoms with Gasteiger partial charge in [-0.25, -0.2) is 0 Å². The standard InChI is InChI=1S/C31H36N6O3/c1-22-20-36(23(2)19-35(22)21-24-9-4-3-5-10-24)27-16-25(17-28(38)18-27)15-26-11-6-7-12-29(26)31-32-34-37(33-31)14-8-13-30(39)40/h3-7,9-12,16-18,22-23,38H,8,13-15,19-21H2,1-2H3,(H,39,40)/t22-,23+/m1/s1. The number of aromatic nitrogens is 4. The summed E-state index contributed by atoms with van der Waals surface area (Å²) in [5.41, 5.74) is 5.24. The average molecular weight is 541 g/mol. The van der Waals surface area contributed by atoms with Gasteiger partial charge in [0.25, 0.3) is 0 Å². The normalized spacial score (nSPS) is 17.7. The number of phenolic OH excluding ortho intramolecular Hbond substituents is 1. The van der Waals surface area contributed by atoms with Crippen LogP contribution in [0.4, 0.5) is 5.69 Å². The molecule has 0 saturated carbocycles. The highest BCUT2D eigenvalue weighted by atomic mass is 16.4. The van der Waals surface area contributed by atoms with E-state index < -0.39 is 5.97 Å². The van der Waals surface area contributed by atoms with Gasteiger partial charge in [-0.3, -0.25) is 9.69 Å². The van der Waals surface area contributed by atoms with Crippen LogP contribution in [0.25, 0.3) is 11.4 Å². The van der Waals surface area contributed by atoms with Gasteiger partial charge >= 0.3 is 5.97 Å². The Morgan fingerprint density at radius 3 is 2.52 bits per heavy atom. The summed E-state index contributed by atoms with van der Waals surface area (Å²) in [6.45, 7) is 7.66. The Bertz CT molecular complexity index is 1440. The fourth-order valence-electron chi connectivity index (χ4n) is 5.45. The molecule has 0 unspecified atom stereocenters. The Kier molecular flexibility index (Phi) is 8.40. The molecule has 2 heterocycles. The van der Waals surface area contributed by atoms with Crippen LogP contribution in [0.15, 0.2) is 72.8 Å². The van der Waals surface area contributed by atoms with Gasteiger partial charge in [0, 0.05) is 55.5 Å². The Labute approximate surface area is 234 Å². The number of hydrogen-bond acceptors (Lipinski definition) is 7. The molecule has 1 aliphatic heterocycles. The summed E-state index contributed by atoms with van der Waals surface area (Å²) in [4.78, 5) is 17.2. The van der Waals surface area contributed by atoms with Crippen molar-refractivity contribution in [2.75, 3.05) is 18.0 Å². The van der Waals surface area contributed by atoms with Crippen LogP contribution in [-0.2, 0) is 24.3 Å². The molecule has 208 valence electrons. The summed E-state index contributed by atoms with van der Waals surface area (Å²) in [6, 6.07) is 25.0. The second-order valence-electron chi connectivity index (χ2n) is 10.7. The molecule has 1 saturated heterocycles. The molecule has 5 rings (SSSR count). The molecule has 3 aromatic carbocycles. The summed E-state index contributed by atoms with van der Waals surface area (Å²) >= 11 is 0. The monoisotopic (exact) mass is 540 g/mol. The molecule has 2 atom stereocenters. The fraction of sp³-hybridized carbons (Fsp3) is 0.355. The molecule has 1 aliphatic rings. The predicted octanol–water partition coefficient (Wildman–Crippen LogP) is 4.60. The van der Waals surface area contributed by atoms with E-state index in [1.807, 2.05) is 36.4 Å². The summed E-state index contributed by atoms with van der Waals surface area (Å²) < 4.78 is 0. The van der Waals surface area contributed by atoms with E-state index >= 15 is 0 Å². The summed E-state index contributed by atoms with van der Waals surface area (Å²) in [7, 11) is 0. The van der Waals surface area contributed by atoms with Crippen LogP contribution in [0.3, 0.4) is 0 Å². The Hall–Kier alpha value is -4.24. The van der Waals surface area contributed by atoms with Crippen LogP contribution in [0, 0.1) is 0 Å². The molecule has 4 aromatic rings. The third-order valence-electron chi connectivity index (χ3n) is 7.49. The smallest absolute Gasteiger partial charge is 0.303 e.